The van der Waals surface area contributed by atoms with Crippen molar-refractivity contribution in [1.82, 2.24) is 9.80 Å². The van der Waals surface area contributed by atoms with E-state index in [9.17, 15) is 14.4 Å². The Balaban J connectivity index is 1.34. The Kier molecular flexibility index (Phi) is 5.69. The topological polar surface area (TPSA) is 60.9 Å². The number of nitrogens with zero attached hydrogens (tertiary/aromatic N) is 3. The van der Waals surface area contributed by atoms with Crippen molar-refractivity contribution < 1.29 is 14.4 Å². The fourth-order valence-corrected chi connectivity index (χ4v) is 4.61. The Morgan fingerprint density at radius 1 is 0.966 bits per heavy atom. The van der Waals surface area contributed by atoms with Crippen molar-refractivity contribution in [2.45, 2.75) is 38.6 Å². The van der Waals surface area contributed by atoms with Crippen molar-refractivity contribution in [3.8, 4) is 0 Å². The summed E-state index contributed by atoms with van der Waals surface area (Å²) in [5.41, 5.74) is 2.27. The number of anilines is 1. The van der Waals surface area contributed by atoms with Crippen molar-refractivity contribution in [3.05, 3.63) is 42.0 Å². The minimum absolute atomic E-state index is 0.160. The van der Waals surface area contributed by atoms with E-state index in [1.165, 1.54) is 29.8 Å². The summed E-state index contributed by atoms with van der Waals surface area (Å²) < 4.78 is 0. The molecule has 2 unspecified atom stereocenters. The van der Waals surface area contributed by atoms with Gasteiger partial charge in [0, 0.05) is 32.4 Å². The van der Waals surface area contributed by atoms with Crippen LogP contribution in [0.15, 0.2) is 36.4 Å². The number of carbonyl (C=O) groups is 3. The molecule has 0 bridgehead atoms. The van der Waals surface area contributed by atoms with Crippen LogP contribution in [0.1, 0.15) is 37.7 Å². The molecule has 2 atom stereocenters. The molecule has 2 heterocycles. The highest BCUT2D eigenvalue weighted by molar-refractivity contribution is 6.07. The molecule has 1 aromatic rings. The first-order valence-corrected chi connectivity index (χ1v) is 10.6. The number of amides is 3. The minimum atomic E-state index is -0.284. The van der Waals surface area contributed by atoms with E-state index in [-0.39, 0.29) is 36.1 Å². The molecule has 4 rings (SSSR count). The van der Waals surface area contributed by atoms with E-state index < -0.39 is 0 Å². The summed E-state index contributed by atoms with van der Waals surface area (Å²) in [4.78, 5) is 42.9. The molecule has 1 aromatic carbocycles. The second-order valence-corrected chi connectivity index (χ2v) is 8.38. The number of allylic oxidation sites excluding steroid dienone is 2. The molecule has 0 radical (unpaired) electrons. The van der Waals surface area contributed by atoms with Crippen molar-refractivity contribution in [2.24, 2.45) is 11.8 Å². The number of imide groups is 1. The second-order valence-electron chi connectivity index (χ2n) is 8.38. The van der Waals surface area contributed by atoms with Crippen LogP contribution in [0.2, 0.25) is 0 Å². The largest absolute Gasteiger partial charge is 0.372 e. The van der Waals surface area contributed by atoms with Crippen LogP contribution in [0.4, 0.5) is 5.69 Å². The van der Waals surface area contributed by atoms with Gasteiger partial charge in [-0.3, -0.25) is 19.3 Å². The van der Waals surface area contributed by atoms with Crippen LogP contribution in [0.5, 0.6) is 0 Å². The van der Waals surface area contributed by atoms with Crippen LogP contribution in [-0.2, 0) is 20.9 Å². The van der Waals surface area contributed by atoms with Crippen LogP contribution in [0, 0.1) is 11.8 Å². The lowest BCUT2D eigenvalue weighted by molar-refractivity contribution is -0.146. The van der Waals surface area contributed by atoms with Crippen LogP contribution in [0.25, 0.3) is 0 Å². The molecule has 0 N–H and O–H groups in total. The van der Waals surface area contributed by atoms with Gasteiger partial charge in [0.1, 0.15) is 6.54 Å². The summed E-state index contributed by atoms with van der Waals surface area (Å²) >= 11 is 0. The van der Waals surface area contributed by atoms with Crippen LogP contribution >= 0.6 is 0 Å². The number of hydrogen-bond acceptors (Lipinski definition) is 4. The molecule has 2 aliphatic heterocycles. The minimum Gasteiger partial charge on any atom is -0.372 e. The van der Waals surface area contributed by atoms with E-state index in [0.29, 0.717) is 19.4 Å². The SMILES string of the molecule is CN(Cc1ccc(N2CCCCC2)cc1)C(=O)CN1C(=O)C2CC=CCC2C1=O. The number of hydrogen-bond donors (Lipinski definition) is 0. The summed E-state index contributed by atoms with van der Waals surface area (Å²) in [5, 5.41) is 0. The van der Waals surface area contributed by atoms with Gasteiger partial charge in [0.15, 0.2) is 0 Å². The van der Waals surface area contributed by atoms with E-state index in [1.54, 1.807) is 11.9 Å². The van der Waals surface area contributed by atoms with Gasteiger partial charge in [0.25, 0.3) is 0 Å². The fraction of sp³-hybridized carbons (Fsp3) is 0.522. The number of carbonyl (C=O) groups excluding carboxylic acids is 3. The molecule has 1 aliphatic carbocycles. The zero-order valence-corrected chi connectivity index (χ0v) is 17.0. The highest BCUT2D eigenvalue weighted by Gasteiger charge is 2.47. The summed E-state index contributed by atoms with van der Waals surface area (Å²) in [6, 6.07) is 8.34. The first-order valence-electron chi connectivity index (χ1n) is 10.6. The first kappa shape index (κ1) is 19.7. The predicted octanol–water partition coefficient (Wildman–Crippen LogP) is 2.59. The van der Waals surface area contributed by atoms with Gasteiger partial charge < -0.3 is 9.80 Å². The third-order valence-corrected chi connectivity index (χ3v) is 6.40. The van der Waals surface area contributed by atoms with E-state index in [4.69, 9.17) is 0 Å². The number of rotatable bonds is 5. The molecular formula is C23H29N3O3. The molecule has 6 nitrogen and oxygen atoms in total. The Morgan fingerprint density at radius 3 is 2.14 bits per heavy atom. The molecule has 2 saturated heterocycles. The third kappa shape index (κ3) is 4.07. The van der Waals surface area contributed by atoms with Crippen molar-refractivity contribution >= 4 is 23.4 Å². The van der Waals surface area contributed by atoms with Crippen molar-refractivity contribution in [3.63, 3.8) is 0 Å². The lowest BCUT2D eigenvalue weighted by Crippen LogP contribution is -2.41. The Hall–Kier alpha value is -2.63. The summed E-state index contributed by atoms with van der Waals surface area (Å²) in [5.74, 6) is -1.17. The van der Waals surface area contributed by atoms with Gasteiger partial charge in [-0.05, 0) is 49.8 Å². The molecule has 0 aromatic heterocycles. The van der Waals surface area contributed by atoms with Gasteiger partial charge in [-0.2, -0.15) is 0 Å². The third-order valence-electron chi connectivity index (χ3n) is 6.40. The Bertz CT molecular complexity index is 785. The molecule has 2 fully saturated rings. The normalized spacial score (nSPS) is 24.0. The average molecular weight is 396 g/mol. The summed E-state index contributed by atoms with van der Waals surface area (Å²) in [7, 11) is 1.72. The molecule has 154 valence electrons. The van der Waals surface area contributed by atoms with Gasteiger partial charge in [-0.1, -0.05) is 24.3 Å². The summed E-state index contributed by atoms with van der Waals surface area (Å²) in [6.07, 6.45) is 8.89. The predicted molar refractivity (Wildman–Crippen MR) is 111 cm³/mol. The number of fused-ring (bicyclic) bond motifs is 1. The van der Waals surface area contributed by atoms with Gasteiger partial charge in [0.05, 0.1) is 11.8 Å². The zero-order valence-electron chi connectivity index (χ0n) is 17.0. The molecule has 3 amide bonds. The van der Waals surface area contributed by atoms with Gasteiger partial charge in [-0.25, -0.2) is 0 Å². The monoisotopic (exact) mass is 395 g/mol. The van der Waals surface area contributed by atoms with E-state index in [1.807, 2.05) is 12.2 Å². The smallest absolute Gasteiger partial charge is 0.242 e. The number of piperidine rings is 1. The maximum absolute atomic E-state index is 12.7. The fourth-order valence-electron chi connectivity index (χ4n) is 4.61. The van der Waals surface area contributed by atoms with Gasteiger partial charge >= 0.3 is 0 Å². The number of likely N-dealkylation sites (tertiary alicyclic amines) is 1. The Labute approximate surface area is 172 Å². The Morgan fingerprint density at radius 2 is 1.55 bits per heavy atom. The molecular weight excluding hydrogens is 366 g/mol. The van der Waals surface area contributed by atoms with Crippen molar-refractivity contribution in [1.29, 1.82) is 0 Å². The molecule has 6 heteroatoms. The second kappa shape index (κ2) is 8.39. The highest BCUT2D eigenvalue weighted by atomic mass is 16.2. The van der Waals surface area contributed by atoms with Gasteiger partial charge in [0.2, 0.25) is 17.7 Å². The van der Waals surface area contributed by atoms with Crippen LogP contribution in [0.3, 0.4) is 0 Å². The van der Waals surface area contributed by atoms with E-state index >= 15 is 0 Å². The quantitative estimate of drug-likeness (QED) is 0.568. The summed E-state index contributed by atoms with van der Waals surface area (Å²) in [6.45, 7) is 2.51. The van der Waals surface area contributed by atoms with Crippen LogP contribution in [-0.4, -0.2) is 54.2 Å². The molecule has 29 heavy (non-hydrogen) atoms. The standard InChI is InChI=1S/C23H29N3O3/c1-24(15-17-9-11-18(12-10-17)25-13-5-2-6-14-25)21(27)16-26-22(28)19-7-3-4-8-20(19)23(26)29/h3-4,9-12,19-20H,2,5-8,13-16H2,1H3. The molecule has 0 spiro atoms. The number of benzene rings is 1. The first-order chi connectivity index (χ1) is 14.0. The van der Waals surface area contributed by atoms with Crippen LogP contribution < -0.4 is 4.90 Å². The van der Waals surface area contributed by atoms with Crippen molar-refractivity contribution in [2.75, 3.05) is 31.6 Å². The molecule has 3 aliphatic rings. The lowest BCUT2D eigenvalue weighted by atomic mass is 9.85. The maximum Gasteiger partial charge on any atom is 0.242 e. The lowest BCUT2D eigenvalue weighted by Gasteiger charge is -2.29. The molecule has 0 saturated carbocycles. The van der Waals surface area contributed by atoms with E-state index in [2.05, 4.69) is 29.2 Å². The van der Waals surface area contributed by atoms with Gasteiger partial charge in [-0.15, -0.1) is 0 Å². The highest BCUT2D eigenvalue weighted by Crippen LogP contribution is 2.34. The number of likely N-dealkylation sites (N-methyl/N-ethyl adjacent to an activating group) is 1. The average Bonchev–Trinajstić information content (AvgIpc) is 3.00. The zero-order chi connectivity index (χ0) is 20.4. The van der Waals surface area contributed by atoms with E-state index in [0.717, 1.165) is 18.7 Å². The maximum atomic E-state index is 12.7.